The molecule has 1 atom stereocenters. The fraction of sp³-hybridized carbons (Fsp3) is 0.529. The van der Waals surface area contributed by atoms with Gasteiger partial charge in [-0.15, -0.1) is 12.4 Å². The number of anilines is 1. The van der Waals surface area contributed by atoms with Crippen LogP contribution in [0.5, 0.6) is 0 Å². The Morgan fingerprint density at radius 3 is 2.50 bits per heavy atom. The van der Waals surface area contributed by atoms with Gasteiger partial charge in [-0.3, -0.25) is 14.9 Å². The lowest BCUT2D eigenvalue weighted by Gasteiger charge is -2.27. The molecule has 0 radical (unpaired) electrons. The van der Waals surface area contributed by atoms with Crippen molar-refractivity contribution in [2.75, 3.05) is 38.0 Å². The highest BCUT2D eigenvalue weighted by Crippen LogP contribution is 2.15. The van der Waals surface area contributed by atoms with E-state index in [1.165, 1.54) is 5.56 Å². The van der Waals surface area contributed by atoms with Gasteiger partial charge in [-0.25, -0.2) is 0 Å². The number of amides is 2. The third-order valence-corrected chi connectivity index (χ3v) is 4.46. The summed E-state index contributed by atoms with van der Waals surface area (Å²) in [5.74, 6) is -0.416. The Kier molecular flexibility index (Phi) is 7.02. The third kappa shape index (κ3) is 5.19. The first-order valence-corrected chi connectivity index (χ1v) is 8.33. The number of halogens is 1. The molecule has 2 fully saturated rings. The Bertz CT molecular complexity index is 558. The van der Waals surface area contributed by atoms with Gasteiger partial charge in [0.25, 0.3) is 0 Å². The molecule has 3 rings (SSSR count). The second kappa shape index (κ2) is 9.01. The minimum Gasteiger partial charge on any atom is -0.374 e. The smallest absolute Gasteiger partial charge is 0.249 e. The van der Waals surface area contributed by atoms with Gasteiger partial charge in [0.1, 0.15) is 6.04 Å². The van der Waals surface area contributed by atoms with Crippen molar-refractivity contribution < 1.29 is 9.59 Å². The summed E-state index contributed by atoms with van der Waals surface area (Å²) in [6.45, 7) is 5.48. The third-order valence-electron chi connectivity index (χ3n) is 4.46. The molecular formula is C17H25ClN4O2. The van der Waals surface area contributed by atoms with E-state index in [1.54, 1.807) is 0 Å². The molecule has 0 aromatic heterocycles. The van der Waals surface area contributed by atoms with E-state index in [2.05, 4.69) is 33.0 Å². The van der Waals surface area contributed by atoms with Gasteiger partial charge in [0.05, 0.1) is 0 Å². The Morgan fingerprint density at radius 1 is 1.12 bits per heavy atom. The van der Waals surface area contributed by atoms with Crippen LogP contribution in [0.15, 0.2) is 24.3 Å². The zero-order valence-corrected chi connectivity index (χ0v) is 14.5. The van der Waals surface area contributed by atoms with Crippen molar-refractivity contribution in [2.45, 2.75) is 25.3 Å². The van der Waals surface area contributed by atoms with Crippen molar-refractivity contribution in [3.63, 3.8) is 0 Å². The van der Waals surface area contributed by atoms with E-state index >= 15 is 0 Å². The van der Waals surface area contributed by atoms with Crippen molar-refractivity contribution in [1.29, 1.82) is 0 Å². The molecule has 2 amide bonds. The molecule has 0 bridgehead atoms. The molecule has 2 saturated heterocycles. The number of hydrogen-bond acceptors (Lipinski definition) is 5. The second-order valence-electron chi connectivity index (χ2n) is 6.19. The number of piperazine rings is 1. The van der Waals surface area contributed by atoms with Crippen LogP contribution in [-0.2, 0) is 16.0 Å². The van der Waals surface area contributed by atoms with Gasteiger partial charge in [0.2, 0.25) is 11.8 Å². The van der Waals surface area contributed by atoms with Crippen molar-refractivity contribution >= 4 is 29.9 Å². The van der Waals surface area contributed by atoms with Gasteiger partial charge >= 0.3 is 0 Å². The van der Waals surface area contributed by atoms with Gasteiger partial charge in [-0.05, 0) is 30.5 Å². The van der Waals surface area contributed by atoms with Crippen LogP contribution in [-0.4, -0.2) is 55.5 Å². The van der Waals surface area contributed by atoms with Crippen LogP contribution < -0.4 is 16.0 Å². The van der Waals surface area contributed by atoms with E-state index in [-0.39, 0.29) is 30.3 Å². The van der Waals surface area contributed by atoms with Crippen LogP contribution in [0.3, 0.4) is 0 Å². The number of carbonyl (C=O) groups excluding carboxylic acids is 2. The average molecular weight is 353 g/mol. The zero-order valence-electron chi connectivity index (χ0n) is 13.7. The Labute approximate surface area is 148 Å². The summed E-state index contributed by atoms with van der Waals surface area (Å²) in [5.41, 5.74) is 2.22. The number of imide groups is 1. The molecule has 2 heterocycles. The first kappa shape index (κ1) is 18.7. The Hall–Kier alpha value is -1.63. The summed E-state index contributed by atoms with van der Waals surface area (Å²) in [7, 11) is 0. The summed E-state index contributed by atoms with van der Waals surface area (Å²) in [6, 6.07) is 7.92. The van der Waals surface area contributed by atoms with Crippen molar-refractivity contribution in [2.24, 2.45) is 0 Å². The number of benzene rings is 1. The maximum Gasteiger partial charge on any atom is 0.249 e. The summed E-state index contributed by atoms with van der Waals surface area (Å²) in [4.78, 5) is 25.4. The molecule has 7 heteroatoms. The van der Waals surface area contributed by atoms with E-state index in [0.717, 1.165) is 44.8 Å². The molecule has 24 heavy (non-hydrogen) atoms. The molecule has 1 unspecified atom stereocenters. The summed E-state index contributed by atoms with van der Waals surface area (Å²) < 4.78 is 0. The lowest BCUT2D eigenvalue weighted by molar-refractivity contribution is -0.133. The van der Waals surface area contributed by atoms with Crippen LogP contribution in [0.4, 0.5) is 5.69 Å². The fourth-order valence-corrected chi connectivity index (χ4v) is 3.02. The molecule has 132 valence electrons. The predicted molar refractivity (Wildman–Crippen MR) is 96.5 cm³/mol. The highest BCUT2D eigenvalue weighted by atomic mass is 35.5. The molecule has 0 aliphatic carbocycles. The number of piperidine rings is 1. The first-order chi connectivity index (χ1) is 11.2. The van der Waals surface area contributed by atoms with Crippen LogP contribution in [0.1, 0.15) is 18.4 Å². The molecule has 0 saturated carbocycles. The minimum absolute atomic E-state index is 0. The summed E-state index contributed by atoms with van der Waals surface area (Å²) >= 11 is 0. The van der Waals surface area contributed by atoms with E-state index in [0.29, 0.717) is 12.8 Å². The van der Waals surface area contributed by atoms with Crippen LogP contribution in [0.25, 0.3) is 0 Å². The average Bonchev–Trinajstić information content (AvgIpc) is 2.58. The van der Waals surface area contributed by atoms with Gasteiger partial charge in [-0.1, -0.05) is 12.1 Å². The van der Waals surface area contributed by atoms with Crippen LogP contribution >= 0.6 is 12.4 Å². The van der Waals surface area contributed by atoms with Gasteiger partial charge in [-0.2, -0.15) is 0 Å². The first-order valence-electron chi connectivity index (χ1n) is 8.33. The van der Waals surface area contributed by atoms with Crippen LogP contribution in [0.2, 0.25) is 0 Å². The molecular weight excluding hydrogens is 328 g/mol. The number of nitrogens with one attached hydrogen (secondary N) is 3. The van der Waals surface area contributed by atoms with E-state index in [4.69, 9.17) is 0 Å². The van der Waals surface area contributed by atoms with Gasteiger partial charge in [0.15, 0.2) is 0 Å². The Balaban J connectivity index is 0.00000208. The standard InChI is InChI=1S/C17H24N4O2.ClH/c22-16-6-5-15(17(23)20-16)19-14-3-1-13(2-4-14)7-10-21-11-8-18-9-12-21;/h1-4,15,18-19H,5-12H2,(H,20,22,23);1H. The highest BCUT2D eigenvalue weighted by Gasteiger charge is 2.26. The SMILES string of the molecule is Cl.O=C1CCC(Nc2ccc(CCN3CCNCC3)cc2)C(=O)N1. The van der Waals surface area contributed by atoms with E-state index in [9.17, 15) is 9.59 Å². The quantitative estimate of drug-likeness (QED) is 0.683. The topological polar surface area (TPSA) is 73.5 Å². The molecule has 3 N–H and O–H groups in total. The van der Waals surface area contributed by atoms with E-state index in [1.807, 2.05) is 12.1 Å². The van der Waals surface area contributed by atoms with E-state index < -0.39 is 0 Å². The van der Waals surface area contributed by atoms with Crippen LogP contribution in [0, 0.1) is 0 Å². The number of nitrogens with zero attached hydrogens (tertiary/aromatic N) is 1. The van der Waals surface area contributed by atoms with Gasteiger partial charge < -0.3 is 15.5 Å². The number of rotatable bonds is 5. The normalized spacial score (nSPS) is 21.8. The maximum atomic E-state index is 11.7. The summed E-state index contributed by atoms with van der Waals surface area (Å²) in [5, 5.41) is 8.93. The maximum absolute atomic E-state index is 11.7. The molecule has 2 aliphatic heterocycles. The zero-order chi connectivity index (χ0) is 16.1. The minimum atomic E-state index is -0.320. The van der Waals surface area contributed by atoms with Crippen molar-refractivity contribution in [3.05, 3.63) is 29.8 Å². The fourth-order valence-electron chi connectivity index (χ4n) is 3.02. The monoisotopic (exact) mass is 352 g/mol. The predicted octanol–water partition coefficient (Wildman–Crippen LogP) is 0.773. The molecule has 2 aliphatic rings. The molecule has 0 spiro atoms. The Morgan fingerprint density at radius 2 is 1.83 bits per heavy atom. The lowest BCUT2D eigenvalue weighted by atomic mass is 10.1. The lowest BCUT2D eigenvalue weighted by Crippen LogP contribution is -2.47. The second-order valence-corrected chi connectivity index (χ2v) is 6.19. The van der Waals surface area contributed by atoms with Gasteiger partial charge in [0, 0.05) is 44.8 Å². The highest BCUT2D eigenvalue weighted by molar-refractivity contribution is 6.01. The van der Waals surface area contributed by atoms with Crippen molar-refractivity contribution in [3.8, 4) is 0 Å². The van der Waals surface area contributed by atoms with Crippen molar-refractivity contribution in [1.82, 2.24) is 15.5 Å². The number of carbonyl (C=O) groups is 2. The molecule has 6 nitrogen and oxygen atoms in total. The summed E-state index contributed by atoms with van der Waals surface area (Å²) in [6.07, 6.45) is 1.99. The largest absolute Gasteiger partial charge is 0.374 e. The molecule has 1 aromatic rings. The number of hydrogen-bond donors (Lipinski definition) is 3. The molecule has 1 aromatic carbocycles.